The van der Waals surface area contributed by atoms with Gasteiger partial charge < -0.3 is 18.9 Å². The number of aryl methyl sites for hydroxylation is 1. The first-order chi connectivity index (χ1) is 11.7. The van der Waals surface area contributed by atoms with Gasteiger partial charge >= 0.3 is 5.97 Å². The lowest BCUT2D eigenvalue weighted by Crippen LogP contribution is -2.44. The number of carbonyl (C=O) groups excluding carboxylic acids is 2. The molecule has 0 radical (unpaired) electrons. The lowest BCUT2D eigenvalue weighted by molar-refractivity contribution is -0.145. The minimum Gasteiger partial charge on any atom is -0.443 e. The van der Waals surface area contributed by atoms with Gasteiger partial charge in [0.25, 0.3) is 5.91 Å². The summed E-state index contributed by atoms with van der Waals surface area (Å²) in [6.07, 6.45) is 0.810. The number of amides is 1. The van der Waals surface area contributed by atoms with Gasteiger partial charge in [-0.2, -0.15) is 0 Å². The van der Waals surface area contributed by atoms with E-state index in [9.17, 15) is 9.59 Å². The molecule has 1 fully saturated rings. The second-order valence-corrected chi connectivity index (χ2v) is 5.64. The summed E-state index contributed by atoms with van der Waals surface area (Å²) in [6.45, 7) is 2.01. The third-order valence-electron chi connectivity index (χ3n) is 4.03. The highest BCUT2D eigenvalue weighted by molar-refractivity contribution is 5.91. The average Bonchev–Trinajstić information content (AvgIpc) is 3.06. The SMILES string of the molecule is Cn1cccc1C(=O)OC(C(=O)N1CCOCC1)c1ccccc1. The smallest absolute Gasteiger partial charge is 0.356 e. The zero-order valence-electron chi connectivity index (χ0n) is 13.6. The van der Waals surface area contributed by atoms with Crippen molar-refractivity contribution in [2.75, 3.05) is 26.3 Å². The van der Waals surface area contributed by atoms with Gasteiger partial charge in [0.05, 0.1) is 13.2 Å². The van der Waals surface area contributed by atoms with Gasteiger partial charge in [-0.05, 0) is 12.1 Å². The molecule has 24 heavy (non-hydrogen) atoms. The Hall–Kier alpha value is -2.60. The molecule has 126 valence electrons. The van der Waals surface area contributed by atoms with Crippen LogP contribution in [0.1, 0.15) is 22.2 Å². The third-order valence-corrected chi connectivity index (χ3v) is 4.03. The fraction of sp³-hybridized carbons (Fsp3) is 0.333. The minimum absolute atomic E-state index is 0.216. The van der Waals surface area contributed by atoms with Gasteiger partial charge in [0.15, 0.2) is 0 Å². The van der Waals surface area contributed by atoms with E-state index in [0.29, 0.717) is 37.6 Å². The van der Waals surface area contributed by atoms with Crippen LogP contribution in [-0.2, 0) is 21.3 Å². The molecule has 0 saturated carbocycles. The normalized spacial score (nSPS) is 15.8. The Balaban J connectivity index is 1.83. The molecule has 3 rings (SSSR count). The molecule has 0 spiro atoms. The van der Waals surface area contributed by atoms with Crippen molar-refractivity contribution in [3.8, 4) is 0 Å². The van der Waals surface area contributed by atoms with E-state index in [1.807, 2.05) is 18.2 Å². The molecule has 6 nitrogen and oxygen atoms in total. The number of carbonyl (C=O) groups is 2. The third kappa shape index (κ3) is 3.49. The standard InChI is InChI=1S/C18H20N2O4/c1-19-9-5-8-15(19)18(22)24-16(14-6-3-2-4-7-14)17(21)20-10-12-23-13-11-20/h2-9,16H,10-13H2,1H3. The fourth-order valence-electron chi connectivity index (χ4n) is 2.68. The molecule has 2 aromatic rings. The molecule has 0 N–H and O–H groups in total. The first-order valence-electron chi connectivity index (χ1n) is 7.90. The summed E-state index contributed by atoms with van der Waals surface area (Å²) in [4.78, 5) is 27.0. The van der Waals surface area contributed by atoms with Gasteiger partial charge in [-0.3, -0.25) is 4.79 Å². The number of esters is 1. The van der Waals surface area contributed by atoms with Crippen LogP contribution in [0.25, 0.3) is 0 Å². The Bertz CT molecular complexity index is 705. The summed E-state index contributed by atoms with van der Waals surface area (Å²) in [5.74, 6) is -0.731. The number of aromatic nitrogens is 1. The maximum Gasteiger partial charge on any atom is 0.356 e. The molecule has 0 bridgehead atoms. The predicted octanol–water partition coefficient (Wildman–Crippen LogP) is 1.78. The van der Waals surface area contributed by atoms with Crippen molar-refractivity contribution in [1.29, 1.82) is 0 Å². The van der Waals surface area contributed by atoms with Crippen LogP contribution in [0.15, 0.2) is 48.7 Å². The first-order valence-corrected chi connectivity index (χ1v) is 7.90. The van der Waals surface area contributed by atoms with E-state index in [1.165, 1.54) is 0 Å². The van der Waals surface area contributed by atoms with Crippen molar-refractivity contribution < 1.29 is 19.1 Å². The number of rotatable bonds is 4. The summed E-state index contributed by atoms with van der Waals surface area (Å²) in [6, 6.07) is 12.5. The molecule has 6 heteroatoms. The molecule has 1 saturated heterocycles. The monoisotopic (exact) mass is 328 g/mol. The van der Waals surface area contributed by atoms with Crippen LogP contribution in [0.2, 0.25) is 0 Å². The maximum absolute atomic E-state index is 12.9. The quantitative estimate of drug-likeness (QED) is 0.803. The van der Waals surface area contributed by atoms with Crippen molar-refractivity contribution in [2.24, 2.45) is 7.05 Å². The second kappa shape index (κ2) is 7.31. The predicted molar refractivity (Wildman–Crippen MR) is 87.4 cm³/mol. The minimum atomic E-state index is -0.952. The van der Waals surface area contributed by atoms with Crippen LogP contribution in [0.4, 0.5) is 0 Å². The zero-order valence-corrected chi connectivity index (χ0v) is 13.6. The molecule has 1 aliphatic heterocycles. The number of morpholine rings is 1. The van der Waals surface area contributed by atoms with Crippen LogP contribution in [0.5, 0.6) is 0 Å². The van der Waals surface area contributed by atoms with Gasteiger partial charge in [0, 0.05) is 31.9 Å². The Morgan fingerprint density at radius 3 is 2.42 bits per heavy atom. The van der Waals surface area contributed by atoms with E-state index in [4.69, 9.17) is 9.47 Å². The van der Waals surface area contributed by atoms with Crippen LogP contribution >= 0.6 is 0 Å². The summed E-state index contributed by atoms with van der Waals surface area (Å²) in [5, 5.41) is 0. The highest BCUT2D eigenvalue weighted by Crippen LogP contribution is 2.22. The van der Waals surface area contributed by atoms with E-state index in [1.54, 1.807) is 47.0 Å². The van der Waals surface area contributed by atoms with E-state index in [2.05, 4.69) is 0 Å². The van der Waals surface area contributed by atoms with Crippen molar-refractivity contribution in [2.45, 2.75) is 6.10 Å². The lowest BCUT2D eigenvalue weighted by Gasteiger charge is -2.30. The van der Waals surface area contributed by atoms with Gasteiger partial charge in [0.1, 0.15) is 5.69 Å². The first kappa shape index (κ1) is 16.3. The summed E-state index contributed by atoms with van der Waals surface area (Å²) in [7, 11) is 1.76. The van der Waals surface area contributed by atoms with E-state index in [-0.39, 0.29) is 5.91 Å². The number of ether oxygens (including phenoxy) is 2. The Labute approximate surface area is 140 Å². The molecule has 1 amide bonds. The number of nitrogens with zero attached hydrogens (tertiary/aromatic N) is 2. The van der Waals surface area contributed by atoms with Crippen molar-refractivity contribution in [3.05, 3.63) is 59.9 Å². The van der Waals surface area contributed by atoms with Crippen LogP contribution < -0.4 is 0 Å². The molecule has 1 aromatic heterocycles. The number of benzene rings is 1. The molecular weight excluding hydrogens is 308 g/mol. The Morgan fingerprint density at radius 1 is 1.08 bits per heavy atom. The number of hydrogen-bond donors (Lipinski definition) is 0. The highest BCUT2D eigenvalue weighted by atomic mass is 16.5. The van der Waals surface area contributed by atoms with E-state index >= 15 is 0 Å². The molecule has 1 aromatic carbocycles. The summed E-state index contributed by atoms with van der Waals surface area (Å²) in [5.41, 5.74) is 1.07. The fourth-order valence-corrected chi connectivity index (χ4v) is 2.68. The van der Waals surface area contributed by atoms with Crippen LogP contribution in [-0.4, -0.2) is 47.6 Å². The molecule has 0 aliphatic carbocycles. The van der Waals surface area contributed by atoms with Crippen LogP contribution in [0.3, 0.4) is 0 Å². The van der Waals surface area contributed by atoms with E-state index < -0.39 is 12.1 Å². The molecule has 1 aliphatic rings. The zero-order chi connectivity index (χ0) is 16.9. The second-order valence-electron chi connectivity index (χ2n) is 5.64. The average molecular weight is 328 g/mol. The Kier molecular flexibility index (Phi) is 4.96. The maximum atomic E-state index is 12.9. The Morgan fingerprint density at radius 2 is 1.79 bits per heavy atom. The molecule has 1 atom stereocenters. The van der Waals surface area contributed by atoms with E-state index in [0.717, 1.165) is 0 Å². The molecule has 2 heterocycles. The van der Waals surface area contributed by atoms with Crippen molar-refractivity contribution >= 4 is 11.9 Å². The summed E-state index contributed by atoms with van der Waals surface area (Å²) >= 11 is 0. The van der Waals surface area contributed by atoms with Crippen molar-refractivity contribution in [1.82, 2.24) is 9.47 Å². The van der Waals surface area contributed by atoms with Gasteiger partial charge in [-0.15, -0.1) is 0 Å². The lowest BCUT2D eigenvalue weighted by atomic mass is 10.1. The van der Waals surface area contributed by atoms with Gasteiger partial charge in [-0.25, -0.2) is 4.79 Å². The van der Waals surface area contributed by atoms with Crippen LogP contribution in [0, 0.1) is 0 Å². The highest BCUT2D eigenvalue weighted by Gasteiger charge is 2.31. The molecular formula is C18H20N2O4. The topological polar surface area (TPSA) is 60.8 Å². The van der Waals surface area contributed by atoms with Crippen molar-refractivity contribution in [3.63, 3.8) is 0 Å². The van der Waals surface area contributed by atoms with Gasteiger partial charge in [-0.1, -0.05) is 30.3 Å². The van der Waals surface area contributed by atoms with Gasteiger partial charge in [0.2, 0.25) is 6.10 Å². The number of hydrogen-bond acceptors (Lipinski definition) is 4. The largest absolute Gasteiger partial charge is 0.443 e. The summed E-state index contributed by atoms with van der Waals surface area (Å²) < 4.78 is 12.5. The molecule has 1 unspecified atom stereocenters.